The predicted molar refractivity (Wildman–Crippen MR) is 82.2 cm³/mol. The van der Waals surface area contributed by atoms with Crippen molar-refractivity contribution >= 4 is 10.8 Å². The van der Waals surface area contributed by atoms with Crippen molar-refractivity contribution in [3.63, 3.8) is 0 Å². The molecular formula is C18H23N. The van der Waals surface area contributed by atoms with Crippen LogP contribution in [0.2, 0.25) is 0 Å². The van der Waals surface area contributed by atoms with Crippen LogP contribution in [0.15, 0.2) is 42.5 Å². The van der Waals surface area contributed by atoms with Gasteiger partial charge in [0.15, 0.2) is 0 Å². The van der Waals surface area contributed by atoms with E-state index < -0.39 is 0 Å². The van der Waals surface area contributed by atoms with Gasteiger partial charge >= 0.3 is 0 Å². The van der Waals surface area contributed by atoms with E-state index in [1.807, 2.05) is 0 Å². The molecule has 1 fully saturated rings. The second-order valence-corrected chi connectivity index (χ2v) is 6.31. The summed E-state index contributed by atoms with van der Waals surface area (Å²) in [6.45, 7) is 2.37. The van der Waals surface area contributed by atoms with E-state index in [2.05, 4.69) is 49.4 Å². The molecule has 1 aliphatic carbocycles. The van der Waals surface area contributed by atoms with Crippen LogP contribution in [0.1, 0.15) is 38.2 Å². The van der Waals surface area contributed by atoms with Gasteiger partial charge in [-0.1, -0.05) is 62.2 Å². The fraction of sp³-hybridized carbons (Fsp3) is 0.444. The molecule has 1 heteroatoms. The van der Waals surface area contributed by atoms with E-state index in [0.29, 0.717) is 5.41 Å². The highest BCUT2D eigenvalue weighted by atomic mass is 14.7. The van der Waals surface area contributed by atoms with Crippen LogP contribution in [0.5, 0.6) is 0 Å². The second-order valence-electron chi connectivity index (χ2n) is 6.31. The summed E-state index contributed by atoms with van der Waals surface area (Å²) in [7, 11) is 0. The number of nitrogens with two attached hydrogens (primary N) is 1. The highest BCUT2D eigenvalue weighted by Crippen LogP contribution is 2.41. The molecular weight excluding hydrogens is 230 g/mol. The van der Waals surface area contributed by atoms with Gasteiger partial charge in [-0.2, -0.15) is 0 Å². The maximum atomic E-state index is 6.54. The molecule has 0 bridgehead atoms. The number of hydrogen-bond donors (Lipinski definition) is 1. The van der Waals surface area contributed by atoms with Gasteiger partial charge in [0.2, 0.25) is 0 Å². The molecule has 3 rings (SSSR count). The Balaban J connectivity index is 1.89. The molecule has 0 saturated heterocycles. The minimum Gasteiger partial charge on any atom is -0.327 e. The van der Waals surface area contributed by atoms with Gasteiger partial charge in [0.25, 0.3) is 0 Å². The fourth-order valence-electron chi connectivity index (χ4n) is 3.51. The average molecular weight is 253 g/mol. The summed E-state index contributed by atoms with van der Waals surface area (Å²) >= 11 is 0. The molecule has 2 aromatic rings. The predicted octanol–water partition coefficient (Wildman–Crippen LogP) is 4.29. The molecule has 1 unspecified atom stereocenters. The van der Waals surface area contributed by atoms with Crippen LogP contribution in [0, 0.1) is 5.41 Å². The molecule has 0 spiro atoms. The zero-order chi connectivity index (χ0) is 13.3. The molecule has 100 valence electrons. The Labute approximate surface area is 115 Å². The Morgan fingerprint density at radius 1 is 1.05 bits per heavy atom. The minimum atomic E-state index is 0.279. The van der Waals surface area contributed by atoms with E-state index in [4.69, 9.17) is 5.73 Å². The molecule has 0 radical (unpaired) electrons. The summed E-state index contributed by atoms with van der Waals surface area (Å²) in [4.78, 5) is 0. The van der Waals surface area contributed by atoms with E-state index in [9.17, 15) is 0 Å². The van der Waals surface area contributed by atoms with Gasteiger partial charge in [0.1, 0.15) is 0 Å². The molecule has 2 N–H and O–H groups in total. The van der Waals surface area contributed by atoms with Gasteiger partial charge in [-0.05, 0) is 41.0 Å². The van der Waals surface area contributed by atoms with Crippen LogP contribution in [0.3, 0.4) is 0 Å². The molecule has 0 aliphatic heterocycles. The number of fused-ring (bicyclic) bond motifs is 1. The van der Waals surface area contributed by atoms with Crippen molar-refractivity contribution in [1.82, 2.24) is 0 Å². The van der Waals surface area contributed by atoms with Crippen molar-refractivity contribution in [3.05, 3.63) is 48.0 Å². The summed E-state index contributed by atoms with van der Waals surface area (Å²) in [5, 5.41) is 2.69. The van der Waals surface area contributed by atoms with Gasteiger partial charge in [0.05, 0.1) is 0 Å². The summed E-state index contributed by atoms with van der Waals surface area (Å²) in [5.74, 6) is 0. The standard InChI is InChI=1S/C18H23N/c1-18(11-4-5-12-18)17(19)13-15-9-6-8-14-7-2-3-10-16(14)15/h2-3,6-10,17H,4-5,11-13,19H2,1H3. The lowest BCUT2D eigenvalue weighted by Gasteiger charge is -2.31. The first-order valence-electron chi connectivity index (χ1n) is 7.41. The first-order chi connectivity index (χ1) is 9.19. The maximum Gasteiger partial charge on any atom is 0.0134 e. The lowest BCUT2D eigenvalue weighted by Crippen LogP contribution is -2.39. The number of hydrogen-bond acceptors (Lipinski definition) is 1. The topological polar surface area (TPSA) is 26.0 Å². The van der Waals surface area contributed by atoms with Crippen molar-refractivity contribution < 1.29 is 0 Å². The highest BCUT2D eigenvalue weighted by molar-refractivity contribution is 5.85. The van der Waals surface area contributed by atoms with Crippen molar-refractivity contribution in [2.45, 2.75) is 45.1 Å². The molecule has 1 nitrogen and oxygen atoms in total. The van der Waals surface area contributed by atoms with Crippen LogP contribution < -0.4 is 5.73 Å². The number of rotatable bonds is 3. The summed E-state index contributed by atoms with van der Waals surface area (Å²) < 4.78 is 0. The zero-order valence-electron chi connectivity index (χ0n) is 11.7. The third-order valence-corrected chi connectivity index (χ3v) is 4.96. The van der Waals surface area contributed by atoms with Crippen molar-refractivity contribution in [2.24, 2.45) is 11.1 Å². The Morgan fingerprint density at radius 3 is 2.53 bits per heavy atom. The first kappa shape index (κ1) is 12.7. The Kier molecular flexibility index (Phi) is 3.32. The van der Waals surface area contributed by atoms with Crippen molar-refractivity contribution in [1.29, 1.82) is 0 Å². The minimum absolute atomic E-state index is 0.279. The second kappa shape index (κ2) is 4.97. The summed E-state index contributed by atoms with van der Waals surface area (Å²) in [6.07, 6.45) is 6.27. The Bertz CT molecular complexity index is 561. The number of benzene rings is 2. The monoisotopic (exact) mass is 253 g/mol. The molecule has 19 heavy (non-hydrogen) atoms. The quantitative estimate of drug-likeness (QED) is 0.867. The normalized spacial score (nSPS) is 19.7. The van der Waals surface area contributed by atoms with E-state index in [1.54, 1.807) is 0 Å². The maximum absolute atomic E-state index is 6.54. The lowest BCUT2D eigenvalue weighted by atomic mass is 9.78. The molecule has 0 amide bonds. The van der Waals surface area contributed by atoms with Gasteiger partial charge in [-0.3, -0.25) is 0 Å². The smallest absolute Gasteiger partial charge is 0.0134 e. The van der Waals surface area contributed by atoms with E-state index in [-0.39, 0.29) is 6.04 Å². The van der Waals surface area contributed by atoms with Crippen LogP contribution in [-0.2, 0) is 6.42 Å². The zero-order valence-corrected chi connectivity index (χ0v) is 11.7. The van der Waals surface area contributed by atoms with Crippen LogP contribution >= 0.6 is 0 Å². The third-order valence-electron chi connectivity index (χ3n) is 4.96. The van der Waals surface area contributed by atoms with Crippen LogP contribution in [-0.4, -0.2) is 6.04 Å². The summed E-state index contributed by atoms with van der Waals surface area (Å²) in [6, 6.07) is 15.5. The van der Waals surface area contributed by atoms with Gasteiger partial charge in [-0.15, -0.1) is 0 Å². The van der Waals surface area contributed by atoms with E-state index in [1.165, 1.54) is 42.0 Å². The summed E-state index contributed by atoms with van der Waals surface area (Å²) in [5.41, 5.74) is 8.28. The fourth-order valence-corrected chi connectivity index (χ4v) is 3.51. The molecule has 1 atom stereocenters. The molecule has 0 heterocycles. The average Bonchev–Trinajstić information content (AvgIpc) is 2.87. The Morgan fingerprint density at radius 2 is 1.74 bits per heavy atom. The first-order valence-corrected chi connectivity index (χ1v) is 7.41. The molecule has 2 aromatic carbocycles. The van der Waals surface area contributed by atoms with Crippen LogP contribution in [0.25, 0.3) is 10.8 Å². The molecule has 1 aliphatic rings. The lowest BCUT2D eigenvalue weighted by molar-refractivity contribution is 0.261. The van der Waals surface area contributed by atoms with Crippen molar-refractivity contribution in [3.8, 4) is 0 Å². The third kappa shape index (κ3) is 2.40. The molecule has 1 saturated carbocycles. The van der Waals surface area contributed by atoms with Gasteiger partial charge in [0, 0.05) is 6.04 Å². The van der Waals surface area contributed by atoms with Crippen molar-refractivity contribution in [2.75, 3.05) is 0 Å². The van der Waals surface area contributed by atoms with Gasteiger partial charge in [-0.25, -0.2) is 0 Å². The van der Waals surface area contributed by atoms with Crippen LogP contribution in [0.4, 0.5) is 0 Å². The van der Waals surface area contributed by atoms with E-state index >= 15 is 0 Å². The van der Waals surface area contributed by atoms with Gasteiger partial charge < -0.3 is 5.73 Å². The largest absolute Gasteiger partial charge is 0.327 e. The molecule has 0 aromatic heterocycles. The Hall–Kier alpha value is -1.34. The SMILES string of the molecule is CC1(C(N)Cc2cccc3ccccc23)CCCC1. The highest BCUT2D eigenvalue weighted by Gasteiger charge is 2.34. The van der Waals surface area contributed by atoms with E-state index in [0.717, 1.165) is 6.42 Å².